The van der Waals surface area contributed by atoms with Crippen LogP contribution < -0.4 is 5.32 Å². The van der Waals surface area contributed by atoms with Crippen LogP contribution >= 0.6 is 11.8 Å². The standard InChI is InChI=1S/C21H30F2N2O4S/c1-13(19(26)24-10-9-14-15(22)7-6-8-16(14)23)18(28-5)17-11-30-12-25(17)20(27)29-21(2,3)4/h6-8,13,17-18H,9-12H2,1-5H3,(H,24,26)/t13-,17-,18-/m1/s1. The SMILES string of the molecule is CO[C@@H]([C@H]1CSCN1C(=O)OC(C)(C)C)[C@@H](C)C(=O)NCCc1c(F)cccc1F. The van der Waals surface area contributed by atoms with Crippen molar-refractivity contribution in [2.75, 3.05) is 25.3 Å². The first-order chi connectivity index (χ1) is 14.0. The van der Waals surface area contributed by atoms with Crippen LogP contribution in [0, 0.1) is 17.6 Å². The third-order valence-electron chi connectivity index (χ3n) is 4.84. The van der Waals surface area contributed by atoms with Gasteiger partial charge in [-0.1, -0.05) is 13.0 Å². The van der Waals surface area contributed by atoms with Crippen LogP contribution in [0.1, 0.15) is 33.3 Å². The average molecular weight is 445 g/mol. The first-order valence-corrected chi connectivity index (χ1v) is 11.0. The van der Waals surface area contributed by atoms with Gasteiger partial charge in [0.1, 0.15) is 17.2 Å². The summed E-state index contributed by atoms with van der Waals surface area (Å²) in [4.78, 5) is 26.8. The number of ether oxygens (including phenoxy) is 2. The molecule has 9 heteroatoms. The zero-order valence-corrected chi connectivity index (χ0v) is 18.9. The van der Waals surface area contributed by atoms with Crippen molar-refractivity contribution in [2.24, 2.45) is 5.92 Å². The molecule has 6 nitrogen and oxygen atoms in total. The highest BCUT2D eigenvalue weighted by atomic mass is 32.2. The Kier molecular flexibility index (Phi) is 8.49. The number of carbonyl (C=O) groups is 2. The fraction of sp³-hybridized carbons (Fsp3) is 0.619. The second kappa shape index (κ2) is 10.4. The Morgan fingerprint density at radius 3 is 2.50 bits per heavy atom. The van der Waals surface area contributed by atoms with Gasteiger partial charge in [-0.2, -0.15) is 0 Å². The summed E-state index contributed by atoms with van der Waals surface area (Å²) in [6, 6.07) is 3.35. The van der Waals surface area contributed by atoms with Gasteiger partial charge < -0.3 is 14.8 Å². The van der Waals surface area contributed by atoms with Gasteiger partial charge in [-0.3, -0.25) is 9.69 Å². The van der Waals surface area contributed by atoms with Crippen molar-refractivity contribution >= 4 is 23.8 Å². The Labute approximate surface area is 180 Å². The predicted octanol–water partition coefficient (Wildman–Crippen LogP) is 3.58. The molecule has 1 N–H and O–H groups in total. The van der Waals surface area contributed by atoms with Crippen LogP contribution in [0.2, 0.25) is 0 Å². The number of carbonyl (C=O) groups excluding carboxylic acids is 2. The minimum Gasteiger partial charge on any atom is -0.444 e. The quantitative estimate of drug-likeness (QED) is 0.696. The molecule has 0 spiro atoms. The van der Waals surface area contributed by atoms with Gasteiger partial charge in [0.15, 0.2) is 0 Å². The zero-order valence-electron chi connectivity index (χ0n) is 18.0. The van der Waals surface area contributed by atoms with Crippen LogP contribution in [-0.2, 0) is 20.7 Å². The van der Waals surface area contributed by atoms with Gasteiger partial charge in [0.2, 0.25) is 5.91 Å². The Balaban J connectivity index is 1.98. The van der Waals surface area contributed by atoms with E-state index in [0.717, 1.165) is 0 Å². The summed E-state index contributed by atoms with van der Waals surface area (Å²) in [5.41, 5.74) is -0.681. The molecule has 0 aliphatic carbocycles. The molecule has 1 aromatic rings. The van der Waals surface area contributed by atoms with Gasteiger partial charge in [-0.15, -0.1) is 11.8 Å². The molecule has 2 rings (SSSR count). The van der Waals surface area contributed by atoms with E-state index in [1.807, 2.05) is 0 Å². The molecule has 0 saturated carbocycles. The normalized spacial score (nSPS) is 18.8. The van der Waals surface area contributed by atoms with E-state index in [1.165, 1.54) is 25.3 Å². The maximum Gasteiger partial charge on any atom is 0.411 e. The van der Waals surface area contributed by atoms with Gasteiger partial charge in [-0.05, 0) is 39.3 Å². The Morgan fingerprint density at radius 1 is 1.30 bits per heavy atom. The van der Waals surface area contributed by atoms with Crippen molar-refractivity contribution < 1.29 is 27.8 Å². The van der Waals surface area contributed by atoms with Crippen molar-refractivity contribution in [3.8, 4) is 0 Å². The summed E-state index contributed by atoms with van der Waals surface area (Å²) in [7, 11) is 1.50. The Hall–Kier alpha value is -1.87. The summed E-state index contributed by atoms with van der Waals surface area (Å²) in [5.74, 6) is -1.07. The highest BCUT2D eigenvalue weighted by molar-refractivity contribution is 7.99. The lowest BCUT2D eigenvalue weighted by atomic mass is 9.96. The van der Waals surface area contributed by atoms with E-state index in [9.17, 15) is 18.4 Å². The molecule has 1 aromatic carbocycles. The number of halogens is 2. The summed E-state index contributed by atoms with van der Waals surface area (Å²) in [6.45, 7) is 7.19. The zero-order chi connectivity index (χ0) is 22.5. The molecule has 1 aliphatic rings. The van der Waals surface area contributed by atoms with Gasteiger partial charge >= 0.3 is 6.09 Å². The van der Waals surface area contributed by atoms with Crippen molar-refractivity contribution in [3.05, 3.63) is 35.4 Å². The van der Waals surface area contributed by atoms with E-state index < -0.39 is 35.4 Å². The summed E-state index contributed by atoms with van der Waals surface area (Å²) in [6.07, 6.45) is -0.947. The molecule has 0 unspecified atom stereocenters. The highest BCUT2D eigenvalue weighted by Crippen LogP contribution is 2.29. The number of nitrogens with zero attached hydrogens (tertiary/aromatic N) is 1. The predicted molar refractivity (Wildman–Crippen MR) is 112 cm³/mol. The first-order valence-electron chi connectivity index (χ1n) is 9.86. The molecule has 2 amide bonds. The number of hydrogen-bond acceptors (Lipinski definition) is 5. The van der Waals surface area contributed by atoms with E-state index in [1.54, 1.807) is 44.4 Å². The summed E-state index contributed by atoms with van der Waals surface area (Å²) in [5, 5.41) is 2.71. The van der Waals surface area contributed by atoms with Crippen LogP contribution in [0.4, 0.5) is 13.6 Å². The van der Waals surface area contributed by atoms with Crippen molar-refractivity contribution in [1.82, 2.24) is 10.2 Å². The molecule has 3 atom stereocenters. The molecule has 0 aromatic heterocycles. The number of amides is 2. The lowest BCUT2D eigenvalue weighted by molar-refractivity contribution is -0.130. The highest BCUT2D eigenvalue weighted by Gasteiger charge is 2.41. The molecular formula is C21H30F2N2O4S. The van der Waals surface area contributed by atoms with Gasteiger partial charge in [-0.25, -0.2) is 13.6 Å². The van der Waals surface area contributed by atoms with Gasteiger partial charge in [0, 0.05) is 25.0 Å². The van der Waals surface area contributed by atoms with Gasteiger partial charge in [0.25, 0.3) is 0 Å². The summed E-state index contributed by atoms with van der Waals surface area (Å²) >= 11 is 1.57. The maximum atomic E-state index is 13.7. The van der Waals surface area contributed by atoms with E-state index >= 15 is 0 Å². The number of benzene rings is 1. The van der Waals surface area contributed by atoms with Crippen molar-refractivity contribution in [2.45, 2.75) is 51.9 Å². The molecule has 1 aliphatic heterocycles. The fourth-order valence-corrected chi connectivity index (χ4v) is 4.53. The molecule has 0 radical (unpaired) electrons. The van der Waals surface area contributed by atoms with Crippen molar-refractivity contribution in [1.29, 1.82) is 0 Å². The number of hydrogen-bond donors (Lipinski definition) is 1. The van der Waals surface area contributed by atoms with Crippen LogP contribution in [0.5, 0.6) is 0 Å². The largest absolute Gasteiger partial charge is 0.444 e. The van der Waals surface area contributed by atoms with Crippen LogP contribution in [0.25, 0.3) is 0 Å². The second-order valence-corrected chi connectivity index (χ2v) is 9.25. The number of methoxy groups -OCH3 is 1. The number of thioether (sulfide) groups is 1. The van der Waals surface area contributed by atoms with E-state index in [2.05, 4.69) is 5.32 Å². The third-order valence-corrected chi connectivity index (χ3v) is 5.88. The lowest BCUT2D eigenvalue weighted by Crippen LogP contribution is -2.51. The molecule has 0 bridgehead atoms. The fourth-order valence-electron chi connectivity index (χ4n) is 3.32. The minimum absolute atomic E-state index is 0.0396. The topological polar surface area (TPSA) is 67.9 Å². The molecule has 1 saturated heterocycles. The summed E-state index contributed by atoms with van der Waals surface area (Å²) < 4.78 is 38.5. The first kappa shape index (κ1) is 24.4. The van der Waals surface area contributed by atoms with Crippen LogP contribution in [0.15, 0.2) is 18.2 Å². The third kappa shape index (κ3) is 6.31. The monoisotopic (exact) mass is 444 g/mol. The minimum atomic E-state index is -0.636. The average Bonchev–Trinajstić information content (AvgIpc) is 3.12. The maximum absolute atomic E-state index is 13.7. The Bertz CT molecular complexity index is 737. The van der Waals surface area contributed by atoms with Gasteiger partial charge in [0.05, 0.1) is 23.9 Å². The molecule has 30 heavy (non-hydrogen) atoms. The lowest BCUT2D eigenvalue weighted by Gasteiger charge is -2.34. The number of rotatable bonds is 7. The molecule has 168 valence electrons. The van der Waals surface area contributed by atoms with Crippen LogP contribution in [0.3, 0.4) is 0 Å². The Morgan fingerprint density at radius 2 is 1.93 bits per heavy atom. The molecular weight excluding hydrogens is 414 g/mol. The van der Waals surface area contributed by atoms with Crippen LogP contribution in [-0.4, -0.2) is 59.9 Å². The van der Waals surface area contributed by atoms with E-state index in [0.29, 0.717) is 11.6 Å². The van der Waals surface area contributed by atoms with E-state index in [4.69, 9.17) is 9.47 Å². The second-order valence-electron chi connectivity index (χ2n) is 8.25. The smallest absolute Gasteiger partial charge is 0.411 e. The van der Waals surface area contributed by atoms with Crippen molar-refractivity contribution in [3.63, 3.8) is 0 Å². The molecule has 1 heterocycles. The number of nitrogens with one attached hydrogen (secondary N) is 1. The molecule has 1 fully saturated rings. The van der Waals surface area contributed by atoms with E-state index in [-0.39, 0.29) is 30.5 Å².